The Bertz CT molecular complexity index is 193. The highest BCUT2D eigenvalue weighted by molar-refractivity contribution is 4.86. The van der Waals surface area contributed by atoms with Gasteiger partial charge in [-0.15, -0.1) is 0 Å². The fraction of sp³-hybridized carbons (Fsp3) is 1.00. The number of hydrogen-bond donors (Lipinski definition) is 2. The largest absolute Gasteiger partial charge is 0.392 e. The predicted octanol–water partition coefficient (Wildman–Crippen LogP) is 2.32. The van der Waals surface area contributed by atoms with Crippen LogP contribution in [0.2, 0.25) is 0 Å². The molecule has 2 fully saturated rings. The number of hydrogen-bond acceptors (Lipinski definition) is 2. The summed E-state index contributed by atoms with van der Waals surface area (Å²) >= 11 is 0. The van der Waals surface area contributed by atoms with Crippen LogP contribution in [0.25, 0.3) is 0 Å². The van der Waals surface area contributed by atoms with Gasteiger partial charge in [-0.3, -0.25) is 0 Å². The summed E-state index contributed by atoms with van der Waals surface area (Å²) < 4.78 is 0. The van der Waals surface area contributed by atoms with Crippen molar-refractivity contribution in [1.29, 1.82) is 0 Å². The van der Waals surface area contributed by atoms with Crippen molar-refractivity contribution >= 4 is 0 Å². The zero-order valence-electron chi connectivity index (χ0n) is 9.91. The van der Waals surface area contributed by atoms with E-state index in [9.17, 15) is 5.11 Å². The Morgan fingerprint density at radius 1 is 1.13 bits per heavy atom. The summed E-state index contributed by atoms with van der Waals surface area (Å²) in [4.78, 5) is 0. The summed E-state index contributed by atoms with van der Waals surface area (Å²) in [5, 5.41) is 12.8. The molecule has 2 rings (SSSR count). The van der Waals surface area contributed by atoms with Crippen LogP contribution in [0.3, 0.4) is 0 Å². The second-order valence-corrected chi connectivity index (χ2v) is 5.57. The van der Waals surface area contributed by atoms with Crippen molar-refractivity contribution in [2.45, 2.75) is 64.0 Å². The first-order chi connectivity index (χ1) is 7.25. The summed E-state index contributed by atoms with van der Waals surface area (Å²) in [5.41, 5.74) is 0. The van der Waals surface area contributed by atoms with Crippen molar-refractivity contribution < 1.29 is 5.11 Å². The average Bonchev–Trinajstić information content (AvgIpc) is 2.26. The SMILES string of the molecule is CC(O)CNC1CCC2CCCCC2C1. The Kier molecular flexibility index (Phi) is 4.04. The van der Waals surface area contributed by atoms with Crippen molar-refractivity contribution in [1.82, 2.24) is 5.32 Å². The Labute approximate surface area is 93.5 Å². The number of aliphatic hydroxyl groups excluding tert-OH is 1. The van der Waals surface area contributed by atoms with Crippen molar-refractivity contribution in [2.24, 2.45) is 11.8 Å². The number of fused-ring (bicyclic) bond motifs is 1. The molecule has 4 unspecified atom stereocenters. The first kappa shape index (κ1) is 11.4. The minimum atomic E-state index is -0.200. The van der Waals surface area contributed by atoms with Crippen molar-refractivity contribution in [3.8, 4) is 0 Å². The van der Waals surface area contributed by atoms with Gasteiger partial charge >= 0.3 is 0 Å². The fourth-order valence-electron chi connectivity index (χ4n) is 3.40. The molecule has 0 heterocycles. The normalized spacial score (nSPS) is 38.4. The quantitative estimate of drug-likeness (QED) is 0.751. The van der Waals surface area contributed by atoms with E-state index in [0.29, 0.717) is 6.04 Å². The van der Waals surface area contributed by atoms with Crippen molar-refractivity contribution in [2.75, 3.05) is 6.54 Å². The zero-order chi connectivity index (χ0) is 10.7. The number of aliphatic hydroxyl groups is 1. The Morgan fingerprint density at radius 2 is 1.87 bits per heavy atom. The lowest BCUT2D eigenvalue weighted by molar-refractivity contribution is 0.130. The van der Waals surface area contributed by atoms with Gasteiger partial charge < -0.3 is 10.4 Å². The van der Waals surface area contributed by atoms with Crippen LogP contribution in [0.1, 0.15) is 51.9 Å². The maximum atomic E-state index is 9.25. The Balaban J connectivity index is 1.75. The molecule has 0 aromatic carbocycles. The highest BCUT2D eigenvalue weighted by atomic mass is 16.3. The van der Waals surface area contributed by atoms with Gasteiger partial charge in [0.1, 0.15) is 0 Å². The van der Waals surface area contributed by atoms with Crippen molar-refractivity contribution in [3.63, 3.8) is 0 Å². The average molecular weight is 211 g/mol. The number of nitrogens with one attached hydrogen (secondary N) is 1. The predicted molar refractivity (Wildman–Crippen MR) is 62.8 cm³/mol. The molecule has 0 radical (unpaired) electrons. The lowest BCUT2D eigenvalue weighted by atomic mass is 9.69. The zero-order valence-corrected chi connectivity index (χ0v) is 9.91. The highest BCUT2D eigenvalue weighted by Gasteiger charge is 2.31. The van der Waals surface area contributed by atoms with Gasteiger partial charge in [0, 0.05) is 12.6 Å². The maximum absolute atomic E-state index is 9.25. The molecule has 88 valence electrons. The third kappa shape index (κ3) is 3.18. The van der Waals surface area contributed by atoms with Gasteiger partial charge in [-0.2, -0.15) is 0 Å². The first-order valence-corrected chi connectivity index (χ1v) is 6.67. The molecule has 2 nitrogen and oxygen atoms in total. The molecule has 2 aliphatic rings. The lowest BCUT2D eigenvalue weighted by Crippen LogP contribution is -2.41. The molecule has 0 aliphatic heterocycles. The minimum Gasteiger partial charge on any atom is -0.392 e. The molecule has 0 spiro atoms. The van der Waals surface area contributed by atoms with Crippen LogP contribution < -0.4 is 5.32 Å². The van der Waals surface area contributed by atoms with E-state index < -0.39 is 0 Å². The van der Waals surface area contributed by atoms with Gasteiger partial charge in [0.05, 0.1) is 6.10 Å². The van der Waals surface area contributed by atoms with Crippen LogP contribution in [-0.2, 0) is 0 Å². The van der Waals surface area contributed by atoms with E-state index in [4.69, 9.17) is 0 Å². The van der Waals surface area contributed by atoms with Crippen LogP contribution >= 0.6 is 0 Å². The van der Waals surface area contributed by atoms with Gasteiger partial charge in [0.25, 0.3) is 0 Å². The van der Waals surface area contributed by atoms with E-state index in [1.165, 1.54) is 44.9 Å². The van der Waals surface area contributed by atoms with Gasteiger partial charge in [-0.05, 0) is 38.0 Å². The highest BCUT2D eigenvalue weighted by Crippen LogP contribution is 2.40. The fourth-order valence-corrected chi connectivity index (χ4v) is 3.40. The van der Waals surface area contributed by atoms with Crippen LogP contribution in [0, 0.1) is 11.8 Å². The van der Waals surface area contributed by atoms with Crippen LogP contribution in [-0.4, -0.2) is 23.8 Å². The molecule has 2 N–H and O–H groups in total. The van der Waals surface area contributed by atoms with E-state index in [1.807, 2.05) is 6.92 Å². The molecule has 2 saturated carbocycles. The van der Waals surface area contributed by atoms with Crippen molar-refractivity contribution in [3.05, 3.63) is 0 Å². The van der Waals surface area contributed by atoms with E-state index in [-0.39, 0.29) is 6.10 Å². The third-order valence-corrected chi connectivity index (χ3v) is 4.24. The maximum Gasteiger partial charge on any atom is 0.0636 e. The smallest absolute Gasteiger partial charge is 0.0636 e. The van der Waals surface area contributed by atoms with Gasteiger partial charge in [0.2, 0.25) is 0 Å². The van der Waals surface area contributed by atoms with Crippen LogP contribution in [0.4, 0.5) is 0 Å². The summed E-state index contributed by atoms with van der Waals surface area (Å²) in [5.74, 6) is 2.02. The molecule has 4 atom stereocenters. The first-order valence-electron chi connectivity index (χ1n) is 6.67. The second-order valence-electron chi connectivity index (χ2n) is 5.57. The lowest BCUT2D eigenvalue weighted by Gasteiger charge is -2.39. The van der Waals surface area contributed by atoms with Crippen LogP contribution in [0.5, 0.6) is 0 Å². The molecule has 15 heavy (non-hydrogen) atoms. The molecule has 2 aliphatic carbocycles. The molecule has 0 saturated heterocycles. The van der Waals surface area contributed by atoms with E-state index >= 15 is 0 Å². The van der Waals surface area contributed by atoms with Gasteiger partial charge in [0.15, 0.2) is 0 Å². The monoisotopic (exact) mass is 211 g/mol. The summed E-state index contributed by atoms with van der Waals surface area (Å²) in [6, 6.07) is 0.680. The summed E-state index contributed by atoms with van der Waals surface area (Å²) in [6.07, 6.45) is 9.75. The minimum absolute atomic E-state index is 0.200. The molecule has 0 aromatic rings. The van der Waals surface area contributed by atoms with Gasteiger partial charge in [-0.1, -0.05) is 25.7 Å². The van der Waals surface area contributed by atoms with E-state index in [2.05, 4.69) is 5.32 Å². The molecule has 0 amide bonds. The van der Waals surface area contributed by atoms with E-state index in [1.54, 1.807) is 0 Å². The second kappa shape index (κ2) is 5.31. The summed E-state index contributed by atoms with van der Waals surface area (Å²) in [7, 11) is 0. The Hall–Kier alpha value is -0.0800. The topological polar surface area (TPSA) is 32.3 Å². The standard InChI is InChI=1S/C13H25NO/c1-10(15)9-14-13-7-6-11-4-2-3-5-12(11)8-13/h10-15H,2-9H2,1H3. The molecule has 0 bridgehead atoms. The molecule has 0 aromatic heterocycles. The molecule has 2 heteroatoms. The van der Waals surface area contributed by atoms with Gasteiger partial charge in [-0.25, -0.2) is 0 Å². The number of rotatable bonds is 3. The third-order valence-electron chi connectivity index (χ3n) is 4.24. The van der Waals surface area contributed by atoms with Crippen LogP contribution in [0.15, 0.2) is 0 Å². The Morgan fingerprint density at radius 3 is 2.60 bits per heavy atom. The summed E-state index contributed by atoms with van der Waals surface area (Å²) in [6.45, 7) is 2.63. The molecular weight excluding hydrogens is 186 g/mol. The van der Waals surface area contributed by atoms with E-state index in [0.717, 1.165) is 18.4 Å². The molecular formula is C13H25NO.